The summed E-state index contributed by atoms with van der Waals surface area (Å²) in [6.07, 6.45) is 3.48. The summed E-state index contributed by atoms with van der Waals surface area (Å²) in [6, 6.07) is 19.4. The monoisotopic (exact) mass is 418 g/mol. The van der Waals surface area contributed by atoms with Gasteiger partial charge in [-0.1, -0.05) is 35.9 Å². The number of amides is 2. The van der Waals surface area contributed by atoms with Crippen molar-refractivity contribution in [3.8, 4) is 6.07 Å². The lowest BCUT2D eigenvalue weighted by Gasteiger charge is -2.32. The van der Waals surface area contributed by atoms with Crippen molar-refractivity contribution in [2.75, 3.05) is 42.5 Å². The van der Waals surface area contributed by atoms with Gasteiger partial charge in [-0.2, -0.15) is 5.26 Å². The van der Waals surface area contributed by atoms with Crippen molar-refractivity contribution in [1.29, 1.82) is 5.26 Å². The molecule has 0 unspecified atom stereocenters. The third-order valence-corrected chi connectivity index (χ3v) is 5.58. The highest BCUT2D eigenvalue weighted by Crippen LogP contribution is 2.19. The second-order valence-corrected chi connectivity index (χ2v) is 7.92. The molecule has 0 aromatic heterocycles. The third kappa shape index (κ3) is 6.32. The van der Waals surface area contributed by atoms with E-state index in [1.54, 1.807) is 4.90 Å². The number of benzene rings is 2. The van der Waals surface area contributed by atoms with Gasteiger partial charge in [-0.05, 0) is 50.5 Å². The first-order valence-corrected chi connectivity index (χ1v) is 10.9. The van der Waals surface area contributed by atoms with Gasteiger partial charge in [0.05, 0.1) is 25.6 Å². The molecule has 2 aromatic carbocycles. The standard InChI is InChI=1S/C25H30N4O2/c1-21-11-13-22(14-12-21)28(19-24(30)27-16-6-3-7-17-27)20-25(31)29(18-8-15-26)23-9-4-2-5-10-23/h2,4-5,9-14H,3,6-8,16-20H2,1H3. The van der Waals surface area contributed by atoms with E-state index in [9.17, 15) is 9.59 Å². The van der Waals surface area contributed by atoms with E-state index >= 15 is 0 Å². The highest BCUT2D eigenvalue weighted by atomic mass is 16.2. The van der Waals surface area contributed by atoms with Crippen molar-refractivity contribution in [2.45, 2.75) is 32.6 Å². The Labute approximate surface area is 184 Å². The highest BCUT2D eigenvalue weighted by Gasteiger charge is 2.24. The van der Waals surface area contributed by atoms with Gasteiger partial charge in [0.15, 0.2) is 0 Å². The van der Waals surface area contributed by atoms with Crippen LogP contribution in [-0.4, -0.2) is 49.4 Å². The van der Waals surface area contributed by atoms with Crippen molar-refractivity contribution in [2.24, 2.45) is 0 Å². The van der Waals surface area contributed by atoms with E-state index in [4.69, 9.17) is 5.26 Å². The summed E-state index contributed by atoms with van der Waals surface area (Å²) in [5.74, 6) is -0.0789. The summed E-state index contributed by atoms with van der Waals surface area (Å²) in [5.41, 5.74) is 2.73. The van der Waals surface area contributed by atoms with Crippen LogP contribution in [0.5, 0.6) is 0 Å². The van der Waals surface area contributed by atoms with E-state index in [0.29, 0.717) is 6.54 Å². The number of nitrogens with zero attached hydrogens (tertiary/aromatic N) is 4. The van der Waals surface area contributed by atoms with Crippen molar-refractivity contribution in [3.05, 3.63) is 60.2 Å². The maximum absolute atomic E-state index is 13.3. The molecule has 162 valence electrons. The van der Waals surface area contributed by atoms with Crippen LogP contribution in [0.25, 0.3) is 0 Å². The first-order valence-electron chi connectivity index (χ1n) is 10.9. The van der Waals surface area contributed by atoms with Gasteiger partial charge in [-0.3, -0.25) is 9.59 Å². The van der Waals surface area contributed by atoms with Crippen LogP contribution in [-0.2, 0) is 9.59 Å². The first-order chi connectivity index (χ1) is 15.1. The Bertz CT molecular complexity index is 899. The Morgan fingerprint density at radius 2 is 1.61 bits per heavy atom. The topological polar surface area (TPSA) is 67.7 Å². The number of anilines is 2. The SMILES string of the molecule is Cc1ccc(N(CC(=O)N2CCCCC2)CC(=O)N(CCC#N)c2ccccc2)cc1. The lowest BCUT2D eigenvalue weighted by Crippen LogP contribution is -2.47. The lowest BCUT2D eigenvalue weighted by atomic mass is 10.1. The minimum Gasteiger partial charge on any atom is -0.353 e. The molecule has 0 bridgehead atoms. The predicted molar refractivity (Wildman–Crippen MR) is 123 cm³/mol. The van der Waals surface area contributed by atoms with Gasteiger partial charge >= 0.3 is 0 Å². The molecule has 0 radical (unpaired) electrons. The first kappa shape index (κ1) is 22.4. The molecule has 0 N–H and O–H groups in total. The molecule has 0 saturated carbocycles. The van der Waals surface area contributed by atoms with E-state index < -0.39 is 0 Å². The van der Waals surface area contributed by atoms with Crippen LogP contribution in [0.4, 0.5) is 11.4 Å². The van der Waals surface area contributed by atoms with Gasteiger partial charge in [-0.25, -0.2) is 0 Å². The van der Waals surface area contributed by atoms with Crippen molar-refractivity contribution in [3.63, 3.8) is 0 Å². The molecule has 1 saturated heterocycles. The summed E-state index contributed by atoms with van der Waals surface area (Å²) >= 11 is 0. The number of carbonyl (C=O) groups excluding carboxylic acids is 2. The minimum atomic E-state index is -0.131. The van der Waals surface area contributed by atoms with Crippen LogP contribution < -0.4 is 9.80 Å². The number of para-hydroxylation sites is 1. The fourth-order valence-corrected chi connectivity index (χ4v) is 3.82. The van der Waals surface area contributed by atoms with E-state index in [1.807, 2.05) is 71.3 Å². The normalized spacial score (nSPS) is 13.4. The fraction of sp³-hybridized carbons (Fsp3) is 0.400. The average Bonchev–Trinajstić information content (AvgIpc) is 2.80. The quantitative estimate of drug-likeness (QED) is 0.655. The molecule has 1 aliphatic rings. The predicted octanol–water partition coefficient (Wildman–Crippen LogP) is 3.76. The van der Waals surface area contributed by atoms with Gasteiger partial charge in [0.1, 0.15) is 0 Å². The smallest absolute Gasteiger partial charge is 0.246 e. The van der Waals surface area contributed by atoms with Crippen LogP contribution in [0, 0.1) is 18.3 Å². The Balaban J connectivity index is 1.80. The number of carbonyl (C=O) groups is 2. The van der Waals surface area contributed by atoms with Gasteiger partial charge in [0.25, 0.3) is 0 Å². The highest BCUT2D eigenvalue weighted by molar-refractivity contribution is 5.97. The molecule has 1 heterocycles. The van der Waals surface area contributed by atoms with Crippen LogP contribution in [0.2, 0.25) is 0 Å². The molecule has 1 aliphatic heterocycles. The summed E-state index contributed by atoms with van der Waals surface area (Å²) < 4.78 is 0. The molecule has 6 nitrogen and oxygen atoms in total. The zero-order chi connectivity index (χ0) is 22.1. The Hall–Kier alpha value is -3.33. The summed E-state index contributed by atoms with van der Waals surface area (Å²) in [7, 11) is 0. The van der Waals surface area contributed by atoms with Gasteiger partial charge < -0.3 is 14.7 Å². The van der Waals surface area contributed by atoms with Crippen LogP contribution >= 0.6 is 0 Å². The number of hydrogen-bond donors (Lipinski definition) is 0. The number of piperidine rings is 1. The minimum absolute atomic E-state index is 0.0522. The largest absolute Gasteiger partial charge is 0.353 e. The molecule has 0 aliphatic carbocycles. The molecular weight excluding hydrogens is 388 g/mol. The van der Waals surface area contributed by atoms with Crippen molar-refractivity contribution < 1.29 is 9.59 Å². The molecular formula is C25H30N4O2. The van der Waals surface area contributed by atoms with Crippen molar-refractivity contribution in [1.82, 2.24) is 4.90 Å². The number of rotatable bonds is 8. The van der Waals surface area contributed by atoms with Gasteiger partial charge in [0.2, 0.25) is 11.8 Å². The lowest BCUT2D eigenvalue weighted by molar-refractivity contribution is -0.130. The molecule has 0 spiro atoms. The zero-order valence-electron chi connectivity index (χ0n) is 18.2. The van der Waals surface area contributed by atoms with E-state index in [2.05, 4.69) is 6.07 Å². The Morgan fingerprint density at radius 3 is 2.26 bits per heavy atom. The number of nitriles is 1. The summed E-state index contributed by atoms with van der Waals surface area (Å²) in [6.45, 7) is 4.14. The number of likely N-dealkylation sites (tertiary alicyclic amines) is 1. The average molecular weight is 419 g/mol. The molecule has 2 amide bonds. The third-order valence-electron chi connectivity index (χ3n) is 5.58. The summed E-state index contributed by atoms with van der Waals surface area (Å²) in [4.78, 5) is 31.7. The second-order valence-electron chi connectivity index (χ2n) is 7.92. The molecule has 0 atom stereocenters. The second kappa shape index (κ2) is 11.2. The molecule has 1 fully saturated rings. The maximum atomic E-state index is 13.3. The molecule has 6 heteroatoms. The van der Waals surface area contributed by atoms with Gasteiger partial charge in [0, 0.05) is 31.0 Å². The zero-order valence-corrected chi connectivity index (χ0v) is 18.2. The van der Waals surface area contributed by atoms with Crippen LogP contribution in [0.3, 0.4) is 0 Å². The maximum Gasteiger partial charge on any atom is 0.246 e. The summed E-state index contributed by atoms with van der Waals surface area (Å²) in [5, 5.41) is 9.04. The van der Waals surface area contributed by atoms with Crippen molar-refractivity contribution >= 4 is 23.2 Å². The van der Waals surface area contributed by atoms with Gasteiger partial charge in [-0.15, -0.1) is 0 Å². The number of aryl methyl sites for hydroxylation is 1. The Kier molecular flexibility index (Phi) is 8.05. The van der Waals surface area contributed by atoms with Crippen LogP contribution in [0.1, 0.15) is 31.2 Å². The van der Waals surface area contributed by atoms with E-state index in [0.717, 1.165) is 49.3 Å². The van der Waals surface area contributed by atoms with E-state index in [-0.39, 0.29) is 31.3 Å². The molecule has 2 aromatic rings. The van der Waals surface area contributed by atoms with E-state index in [1.165, 1.54) is 0 Å². The van der Waals surface area contributed by atoms with Crippen LogP contribution in [0.15, 0.2) is 54.6 Å². The number of hydrogen-bond acceptors (Lipinski definition) is 4. The molecule has 3 rings (SSSR count). The molecule has 31 heavy (non-hydrogen) atoms. The fourth-order valence-electron chi connectivity index (χ4n) is 3.82. The Morgan fingerprint density at radius 1 is 0.935 bits per heavy atom.